The fourth-order valence-electron chi connectivity index (χ4n) is 3.13. The number of hydrogen-bond acceptors (Lipinski definition) is 13. The molecule has 48 heavy (non-hydrogen) atoms. The Balaban J connectivity index is 0. The van der Waals surface area contributed by atoms with Gasteiger partial charge in [0.1, 0.15) is 11.5 Å². The second kappa shape index (κ2) is 20.3. The molecule has 4 rings (SSSR count). The Kier molecular flexibility index (Phi) is 18.4. The van der Waals surface area contributed by atoms with E-state index in [-0.39, 0.29) is 33.3 Å². The van der Waals surface area contributed by atoms with Crippen LogP contribution < -0.4 is 4.74 Å². The first-order valence-electron chi connectivity index (χ1n) is 12.8. The molecule has 1 aromatic heterocycles. The van der Waals surface area contributed by atoms with E-state index in [2.05, 4.69) is 0 Å². The summed E-state index contributed by atoms with van der Waals surface area (Å²) in [4.78, 5) is 56.0. The van der Waals surface area contributed by atoms with Gasteiger partial charge in [-0.3, -0.25) is 28.8 Å². The lowest BCUT2D eigenvalue weighted by molar-refractivity contribution is -0.135. The molecule has 0 saturated heterocycles. The molecule has 0 bridgehead atoms. The minimum atomic E-state index is -0.833. The Morgan fingerprint density at radius 3 is 1.29 bits per heavy atom. The van der Waals surface area contributed by atoms with Gasteiger partial charge in [-0.15, -0.1) is 0 Å². The van der Waals surface area contributed by atoms with E-state index in [1.165, 1.54) is 43.3 Å². The molecule has 0 aliphatic carbocycles. The smallest absolute Gasteiger partial charge is 0.308 e. The fourth-order valence-corrected chi connectivity index (χ4v) is 3.13. The number of fused-ring (bicyclic) bond motifs is 3. The number of benzene rings is 3. The van der Waals surface area contributed by atoms with Gasteiger partial charge in [-0.2, -0.15) is 0 Å². The van der Waals surface area contributed by atoms with Crippen LogP contribution in [0.15, 0.2) is 40.8 Å². The first-order chi connectivity index (χ1) is 22.0. The highest BCUT2D eigenvalue weighted by Gasteiger charge is 2.26. The minimum Gasteiger partial charge on any atom is -0.506 e. The Bertz CT molecular complexity index is 1660. The molecule has 0 amide bonds. The number of phenols is 5. The first-order valence-corrected chi connectivity index (χ1v) is 12.8. The second-order valence-corrected chi connectivity index (χ2v) is 8.75. The van der Waals surface area contributed by atoms with Gasteiger partial charge in [0.25, 0.3) is 29.8 Å². The summed E-state index contributed by atoms with van der Waals surface area (Å²) in [5.74, 6) is -7.04. The van der Waals surface area contributed by atoms with Crippen LogP contribution in [0.2, 0.25) is 0 Å². The van der Waals surface area contributed by atoms with Crippen LogP contribution in [0, 0.1) is 0 Å². The molecule has 0 saturated carbocycles. The molecule has 18 nitrogen and oxygen atoms in total. The molecule has 0 atom stereocenters. The van der Waals surface area contributed by atoms with Gasteiger partial charge in [-0.1, -0.05) is 12.1 Å². The minimum absolute atomic E-state index is 0.0552. The zero-order valence-corrected chi connectivity index (χ0v) is 26.2. The zero-order valence-electron chi connectivity index (χ0n) is 26.2. The summed E-state index contributed by atoms with van der Waals surface area (Å²) in [6.07, 6.45) is 0. The quantitative estimate of drug-likeness (QED) is 0.0613. The van der Waals surface area contributed by atoms with Gasteiger partial charge in [0.15, 0.2) is 22.7 Å². The molecule has 18 heteroatoms. The molecule has 10 N–H and O–H groups in total. The van der Waals surface area contributed by atoms with Crippen molar-refractivity contribution in [2.24, 2.45) is 0 Å². The van der Waals surface area contributed by atoms with E-state index in [0.29, 0.717) is 5.56 Å². The molecule has 3 aromatic carbocycles. The lowest BCUT2D eigenvalue weighted by Gasteiger charge is -2.11. The second-order valence-electron chi connectivity index (χ2n) is 8.75. The SMILES string of the molecule is CC(=O)O.CC(=O)O.CC(=O)O.CC(=O)O.CC(=O)O.CC(=O)Oc1ccc(-c2c(O)c(O)c3oc4c(O)c(O)ccc4c3c2O)cc1. The summed E-state index contributed by atoms with van der Waals surface area (Å²) in [5.41, 5.74) is -0.136. The Morgan fingerprint density at radius 2 is 0.917 bits per heavy atom. The highest BCUT2D eigenvalue weighted by Crippen LogP contribution is 2.53. The number of ether oxygens (including phenoxy) is 1. The number of furan rings is 1. The van der Waals surface area contributed by atoms with Crippen LogP contribution in [0.25, 0.3) is 33.1 Å². The van der Waals surface area contributed by atoms with Gasteiger partial charge in [-0.05, 0) is 29.8 Å². The van der Waals surface area contributed by atoms with E-state index in [9.17, 15) is 30.3 Å². The third-order valence-corrected chi connectivity index (χ3v) is 4.37. The maximum atomic E-state index is 11.0. The third kappa shape index (κ3) is 15.8. The average Bonchev–Trinajstić information content (AvgIpc) is 3.30. The van der Waals surface area contributed by atoms with E-state index < -0.39 is 64.6 Å². The van der Waals surface area contributed by atoms with Crippen LogP contribution in [0.3, 0.4) is 0 Å². The first kappa shape index (κ1) is 43.4. The number of hydrogen-bond donors (Lipinski definition) is 10. The van der Waals surface area contributed by atoms with Crippen molar-refractivity contribution < 1.29 is 89.0 Å². The van der Waals surface area contributed by atoms with Gasteiger partial charge in [0.05, 0.1) is 10.9 Å². The van der Waals surface area contributed by atoms with Crippen molar-refractivity contribution >= 4 is 57.8 Å². The number of carbonyl (C=O) groups excluding carboxylic acids is 1. The van der Waals surface area contributed by atoms with Crippen molar-refractivity contribution in [2.75, 3.05) is 0 Å². The van der Waals surface area contributed by atoms with Crippen molar-refractivity contribution in [3.8, 4) is 45.6 Å². The van der Waals surface area contributed by atoms with Crippen molar-refractivity contribution in [3.05, 3.63) is 36.4 Å². The number of aliphatic carboxylic acids is 5. The largest absolute Gasteiger partial charge is 0.506 e. The van der Waals surface area contributed by atoms with Gasteiger partial charge in [-0.25, -0.2) is 0 Å². The maximum absolute atomic E-state index is 11.0. The molecule has 0 aliphatic rings. The zero-order chi connectivity index (χ0) is 38.0. The highest BCUT2D eigenvalue weighted by atomic mass is 16.5. The molecule has 0 fully saturated rings. The summed E-state index contributed by atoms with van der Waals surface area (Å²) < 4.78 is 10.3. The number of phenolic OH excluding ortho intramolecular Hbond substituents is 5. The molecule has 1 heterocycles. The number of carboxylic acids is 5. The van der Waals surface area contributed by atoms with Gasteiger partial charge in [0.2, 0.25) is 11.5 Å². The molecule has 0 radical (unpaired) electrons. The average molecular weight is 683 g/mol. The summed E-state index contributed by atoms with van der Waals surface area (Å²) >= 11 is 0. The molecular weight excluding hydrogens is 648 g/mol. The van der Waals surface area contributed by atoms with E-state index in [4.69, 9.17) is 58.7 Å². The number of esters is 1. The number of carboxylic acid groups (broad SMARTS) is 5. The summed E-state index contributed by atoms with van der Waals surface area (Å²) in [7, 11) is 0. The summed E-state index contributed by atoms with van der Waals surface area (Å²) in [6.45, 7) is 6.68. The molecule has 0 aliphatic heterocycles. The van der Waals surface area contributed by atoms with Crippen LogP contribution in [-0.2, 0) is 28.8 Å². The van der Waals surface area contributed by atoms with Crippen LogP contribution >= 0.6 is 0 Å². The molecule has 4 aromatic rings. The van der Waals surface area contributed by atoms with E-state index in [1.807, 2.05) is 0 Å². The topological polar surface area (TPSA) is 327 Å². The van der Waals surface area contributed by atoms with Crippen molar-refractivity contribution in [2.45, 2.75) is 41.5 Å². The molecular formula is C30H34O18. The molecule has 0 unspecified atom stereocenters. The summed E-state index contributed by atoms with van der Waals surface area (Å²) in [5, 5.41) is 88.6. The predicted molar refractivity (Wildman–Crippen MR) is 165 cm³/mol. The summed E-state index contributed by atoms with van der Waals surface area (Å²) in [6, 6.07) is 8.53. The monoisotopic (exact) mass is 682 g/mol. The van der Waals surface area contributed by atoms with Gasteiger partial charge >= 0.3 is 5.97 Å². The number of aromatic hydroxyl groups is 5. The van der Waals surface area contributed by atoms with Crippen molar-refractivity contribution in [1.82, 2.24) is 0 Å². The van der Waals surface area contributed by atoms with Crippen molar-refractivity contribution in [3.63, 3.8) is 0 Å². The predicted octanol–water partition coefficient (Wildman–Crippen LogP) is 4.16. The molecule has 0 spiro atoms. The normalized spacial score (nSPS) is 9.12. The number of rotatable bonds is 2. The van der Waals surface area contributed by atoms with Gasteiger partial charge < -0.3 is 60.2 Å². The number of carbonyl (C=O) groups is 6. The Morgan fingerprint density at radius 1 is 0.521 bits per heavy atom. The maximum Gasteiger partial charge on any atom is 0.308 e. The Labute approximate surface area is 270 Å². The van der Waals surface area contributed by atoms with Crippen molar-refractivity contribution in [1.29, 1.82) is 0 Å². The molecule has 262 valence electrons. The highest BCUT2D eigenvalue weighted by molar-refractivity contribution is 6.15. The van der Waals surface area contributed by atoms with Crippen LogP contribution in [-0.4, -0.2) is 86.9 Å². The van der Waals surface area contributed by atoms with Crippen LogP contribution in [0.1, 0.15) is 41.5 Å². The van der Waals surface area contributed by atoms with E-state index in [0.717, 1.165) is 34.6 Å². The van der Waals surface area contributed by atoms with E-state index in [1.54, 1.807) is 0 Å². The standard InChI is InChI=1S/C20H14O8.5C2H4O2/c1-8(21)27-10-4-2-9(3-5-10)13-16(24)14-11-6-7-12(22)15(23)19(11)28-20(14)18(26)17(13)25;5*1-2(3)4/h2-7,22-26H,1H3;5*1H3,(H,3,4). The Hall–Kier alpha value is -6.72. The fraction of sp³-hybridized carbons (Fsp3) is 0.200. The lowest BCUT2D eigenvalue weighted by Crippen LogP contribution is -2.00. The van der Waals surface area contributed by atoms with Crippen LogP contribution in [0.4, 0.5) is 0 Å². The lowest BCUT2D eigenvalue weighted by atomic mass is 9.99. The van der Waals surface area contributed by atoms with Crippen LogP contribution in [0.5, 0.6) is 34.5 Å². The van der Waals surface area contributed by atoms with Gasteiger partial charge in [0, 0.05) is 46.9 Å². The third-order valence-electron chi connectivity index (χ3n) is 4.37. The van der Waals surface area contributed by atoms with E-state index >= 15 is 0 Å².